The molecule has 1 saturated heterocycles. The molecule has 29 heavy (non-hydrogen) atoms. The van der Waals surface area contributed by atoms with Gasteiger partial charge in [-0.25, -0.2) is 4.98 Å². The summed E-state index contributed by atoms with van der Waals surface area (Å²) in [6.07, 6.45) is 2.85. The van der Waals surface area contributed by atoms with Crippen LogP contribution in [0.3, 0.4) is 0 Å². The third-order valence-corrected chi connectivity index (χ3v) is 6.05. The summed E-state index contributed by atoms with van der Waals surface area (Å²) >= 11 is 1.59. The van der Waals surface area contributed by atoms with Gasteiger partial charge in [0.2, 0.25) is 17.6 Å². The van der Waals surface area contributed by atoms with Crippen LogP contribution in [0.15, 0.2) is 45.6 Å². The zero-order valence-corrected chi connectivity index (χ0v) is 16.7. The number of para-hydroxylation sites is 2. The summed E-state index contributed by atoms with van der Waals surface area (Å²) in [5.74, 6) is 2.43. The molecule has 1 aliphatic rings. The zero-order chi connectivity index (χ0) is 19.6. The van der Waals surface area contributed by atoms with Crippen LogP contribution in [0.1, 0.15) is 36.9 Å². The second-order valence-corrected chi connectivity index (χ2v) is 8.12. The number of nitrogens with one attached hydrogen (secondary N) is 1. The van der Waals surface area contributed by atoms with Crippen molar-refractivity contribution in [3.05, 3.63) is 52.8 Å². The molecule has 4 heterocycles. The molecule has 0 radical (unpaired) electrons. The highest BCUT2D eigenvalue weighted by Gasteiger charge is 2.27. The van der Waals surface area contributed by atoms with Crippen LogP contribution < -0.4 is 0 Å². The first kappa shape index (κ1) is 18.1. The van der Waals surface area contributed by atoms with Crippen molar-refractivity contribution in [1.82, 2.24) is 25.0 Å². The summed E-state index contributed by atoms with van der Waals surface area (Å²) in [6.45, 7) is 1.49. The first-order valence-electron chi connectivity index (χ1n) is 9.84. The number of hydrogen-bond donors (Lipinski definition) is 1. The number of carbonyl (C=O) groups excluding carboxylic acids is 1. The van der Waals surface area contributed by atoms with E-state index in [-0.39, 0.29) is 11.8 Å². The number of likely N-dealkylation sites (tertiary alicyclic amines) is 1. The summed E-state index contributed by atoms with van der Waals surface area (Å²) in [7, 11) is 0. The van der Waals surface area contributed by atoms with Crippen molar-refractivity contribution in [2.75, 3.05) is 13.1 Å². The van der Waals surface area contributed by atoms with E-state index >= 15 is 0 Å². The van der Waals surface area contributed by atoms with E-state index in [1.807, 2.05) is 46.0 Å². The van der Waals surface area contributed by atoms with Crippen molar-refractivity contribution in [2.24, 2.45) is 0 Å². The Morgan fingerprint density at radius 2 is 2.21 bits per heavy atom. The molecule has 0 aliphatic carbocycles. The number of nitrogens with zero attached hydrogens (tertiary/aromatic N) is 4. The van der Waals surface area contributed by atoms with Gasteiger partial charge in [-0.1, -0.05) is 17.3 Å². The third kappa shape index (κ3) is 3.80. The minimum absolute atomic E-state index is 0.126. The van der Waals surface area contributed by atoms with E-state index < -0.39 is 0 Å². The molecule has 0 bridgehead atoms. The molecule has 4 aromatic rings. The van der Waals surface area contributed by atoms with E-state index in [4.69, 9.17) is 9.51 Å². The molecule has 1 aliphatic heterocycles. The number of aromatic nitrogens is 4. The van der Waals surface area contributed by atoms with E-state index in [1.54, 1.807) is 11.3 Å². The first-order chi connectivity index (χ1) is 14.3. The monoisotopic (exact) mass is 407 g/mol. The van der Waals surface area contributed by atoms with Gasteiger partial charge in [0.25, 0.3) is 0 Å². The highest BCUT2D eigenvalue weighted by atomic mass is 32.1. The number of imidazole rings is 1. The lowest BCUT2D eigenvalue weighted by Crippen LogP contribution is -2.39. The largest absolute Gasteiger partial charge is 0.342 e. The number of carbonyl (C=O) groups is 1. The van der Waals surface area contributed by atoms with E-state index in [9.17, 15) is 4.79 Å². The van der Waals surface area contributed by atoms with Gasteiger partial charge in [-0.05, 0) is 36.4 Å². The van der Waals surface area contributed by atoms with Gasteiger partial charge in [0.05, 0.1) is 11.0 Å². The van der Waals surface area contributed by atoms with Crippen molar-refractivity contribution >= 4 is 28.3 Å². The van der Waals surface area contributed by atoms with E-state index in [0.717, 1.165) is 41.8 Å². The Morgan fingerprint density at radius 3 is 3.07 bits per heavy atom. The predicted octanol–water partition coefficient (Wildman–Crippen LogP) is 4.01. The second kappa shape index (κ2) is 7.79. The Morgan fingerprint density at radius 1 is 1.28 bits per heavy atom. The fourth-order valence-corrected chi connectivity index (χ4v) is 4.46. The summed E-state index contributed by atoms with van der Waals surface area (Å²) in [4.78, 5) is 27.2. The van der Waals surface area contributed by atoms with Crippen molar-refractivity contribution in [3.8, 4) is 11.4 Å². The zero-order valence-electron chi connectivity index (χ0n) is 15.9. The molecule has 1 amide bonds. The van der Waals surface area contributed by atoms with Gasteiger partial charge in [-0.3, -0.25) is 4.79 Å². The van der Waals surface area contributed by atoms with Crippen molar-refractivity contribution in [3.63, 3.8) is 0 Å². The van der Waals surface area contributed by atoms with Gasteiger partial charge >= 0.3 is 0 Å². The first-order valence-corrected chi connectivity index (χ1v) is 10.8. The maximum absolute atomic E-state index is 12.8. The topological polar surface area (TPSA) is 87.9 Å². The van der Waals surface area contributed by atoms with Crippen molar-refractivity contribution in [1.29, 1.82) is 0 Å². The van der Waals surface area contributed by atoms with Crippen molar-refractivity contribution < 1.29 is 9.32 Å². The molecule has 7 nitrogen and oxygen atoms in total. The van der Waals surface area contributed by atoms with Gasteiger partial charge in [-0.15, -0.1) is 0 Å². The molecule has 1 fully saturated rings. The lowest BCUT2D eigenvalue weighted by molar-refractivity contribution is -0.132. The summed E-state index contributed by atoms with van der Waals surface area (Å²) in [5, 5.41) is 7.96. The lowest BCUT2D eigenvalue weighted by atomic mass is 9.97. The van der Waals surface area contributed by atoms with Gasteiger partial charge in [0, 0.05) is 42.8 Å². The molecule has 3 aromatic heterocycles. The minimum atomic E-state index is 0.126. The minimum Gasteiger partial charge on any atom is -0.342 e. The lowest BCUT2D eigenvalue weighted by Gasteiger charge is -2.31. The highest BCUT2D eigenvalue weighted by molar-refractivity contribution is 7.08. The number of aromatic amines is 1. The normalized spacial score (nSPS) is 17.1. The van der Waals surface area contributed by atoms with Crippen LogP contribution in [-0.2, 0) is 11.2 Å². The average Bonchev–Trinajstić information content (AvgIpc) is 3.52. The predicted molar refractivity (Wildman–Crippen MR) is 111 cm³/mol. The smallest absolute Gasteiger partial charge is 0.227 e. The molecule has 1 unspecified atom stereocenters. The molecule has 8 heteroatoms. The molecule has 5 rings (SSSR count). The molecule has 0 saturated carbocycles. The van der Waals surface area contributed by atoms with Gasteiger partial charge in [0.15, 0.2) is 0 Å². The number of aryl methyl sites for hydroxylation is 1. The van der Waals surface area contributed by atoms with Crippen LogP contribution in [0, 0.1) is 0 Å². The molecule has 1 N–H and O–H groups in total. The number of piperidine rings is 1. The molecule has 0 spiro atoms. The van der Waals surface area contributed by atoms with Gasteiger partial charge in [-0.2, -0.15) is 16.3 Å². The van der Waals surface area contributed by atoms with E-state index in [0.29, 0.717) is 31.1 Å². The summed E-state index contributed by atoms with van der Waals surface area (Å²) in [5.41, 5.74) is 2.97. The molecular formula is C21H21N5O2S. The number of fused-ring (bicyclic) bond motifs is 1. The summed E-state index contributed by atoms with van der Waals surface area (Å²) < 4.78 is 5.31. The Labute approximate surface area is 171 Å². The third-order valence-electron chi connectivity index (χ3n) is 5.37. The quantitative estimate of drug-likeness (QED) is 0.540. The van der Waals surface area contributed by atoms with E-state index in [2.05, 4.69) is 15.1 Å². The number of benzene rings is 1. The standard InChI is InChI=1S/C21H21N5O2S/c27-19(8-7-18-24-21(25-28-18)15-9-11-29-13-15)26-10-3-4-14(12-26)20-22-16-5-1-2-6-17(16)23-20/h1-2,5-6,9,11,13-14H,3-4,7-8,10,12H2,(H,22,23). The Bertz CT molecular complexity index is 1080. The van der Waals surface area contributed by atoms with Crippen LogP contribution in [0.5, 0.6) is 0 Å². The van der Waals surface area contributed by atoms with Crippen molar-refractivity contribution in [2.45, 2.75) is 31.6 Å². The molecule has 1 atom stereocenters. The number of thiophene rings is 1. The van der Waals surface area contributed by atoms with Crippen LogP contribution in [-0.4, -0.2) is 44.0 Å². The molecule has 148 valence electrons. The Balaban J connectivity index is 1.21. The number of amides is 1. The van der Waals surface area contributed by atoms with E-state index in [1.165, 1.54) is 0 Å². The van der Waals surface area contributed by atoms with Crippen LogP contribution in [0.4, 0.5) is 0 Å². The Kier molecular flexibility index (Phi) is 4.85. The Hall–Kier alpha value is -3.00. The fourth-order valence-electron chi connectivity index (χ4n) is 3.83. The van der Waals surface area contributed by atoms with Crippen LogP contribution in [0.25, 0.3) is 22.4 Å². The fraction of sp³-hybridized carbons (Fsp3) is 0.333. The van der Waals surface area contributed by atoms with Gasteiger partial charge in [0.1, 0.15) is 5.82 Å². The maximum Gasteiger partial charge on any atom is 0.227 e. The summed E-state index contributed by atoms with van der Waals surface area (Å²) in [6, 6.07) is 9.99. The number of rotatable bonds is 5. The molecule has 1 aromatic carbocycles. The van der Waals surface area contributed by atoms with Crippen LogP contribution >= 0.6 is 11.3 Å². The van der Waals surface area contributed by atoms with Crippen LogP contribution in [0.2, 0.25) is 0 Å². The molecular weight excluding hydrogens is 386 g/mol. The highest BCUT2D eigenvalue weighted by Crippen LogP contribution is 2.27. The number of H-pyrrole nitrogens is 1. The van der Waals surface area contributed by atoms with Gasteiger partial charge < -0.3 is 14.4 Å². The second-order valence-electron chi connectivity index (χ2n) is 7.34. The number of hydrogen-bond acceptors (Lipinski definition) is 6. The SMILES string of the molecule is O=C(CCc1nc(-c2ccsc2)no1)N1CCCC(c2nc3ccccc3[nH]2)C1. The maximum atomic E-state index is 12.8. The average molecular weight is 407 g/mol.